The Labute approximate surface area is 289 Å². The molecule has 0 bridgehead atoms. The number of aromatic nitrogens is 3. The van der Waals surface area contributed by atoms with Gasteiger partial charge >= 0.3 is 0 Å². The summed E-state index contributed by atoms with van der Waals surface area (Å²) in [5.74, 6) is 0.765. The summed E-state index contributed by atoms with van der Waals surface area (Å²) in [4.78, 5) is 10.6. The van der Waals surface area contributed by atoms with Crippen LogP contribution >= 0.6 is 22.7 Å². The molecule has 4 heterocycles. The normalized spacial score (nSPS) is 12.1. The first kappa shape index (κ1) is 27.1. The van der Waals surface area contributed by atoms with Crippen LogP contribution in [0.4, 0.5) is 0 Å². The molecule has 0 unspecified atom stereocenters. The molecule has 11 rings (SSSR count). The average Bonchev–Trinajstić information content (AvgIpc) is 3.84. The van der Waals surface area contributed by atoms with Crippen LogP contribution in [0.25, 0.3) is 101 Å². The van der Waals surface area contributed by atoms with Crippen molar-refractivity contribution in [2.75, 3.05) is 0 Å². The monoisotopic (exact) mass is 659 g/mol. The highest BCUT2D eigenvalue weighted by Crippen LogP contribution is 2.44. The quantitative estimate of drug-likeness (QED) is 0.189. The number of hydrogen-bond acceptors (Lipinski definition) is 4. The maximum Gasteiger partial charge on any atom is 0.161 e. The Morgan fingerprint density at radius 2 is 1.20 bits per heavy atom. The van der Waals surface area contributed by atoms with Gasteiger partial charge in [-0.25, -0.2) is 9.97 Å². The van der Waals surface area contributed by atoms with E-state index >= 15 is 0 Å². The van der Waals surface area contributed by atoms with Crippen LogP contribution in [0.1, 0.15) is 0 Å². The van der Waals surface area contributed by atoms with E-state index in [4.69, 9.17) is 9.97 Å². The van der Waals surface area contributed by atoms with E-state index < -0.39 is 0 Å². The second-order valence-corrected chi connectivity index (χ2v) is 14.6. The number of fused-ring (bicyclic) bond motifs is 11. The van der Waals surface area contributed by atoms with Gasteiger partial charge in [0.15, 0.2) is 5.82 Å². The number of rotatable bonds is 3. The van der Waals surface area contributed by atoms with Crippen LogP contribution in [0, 0.1) is 0 Å². The molecule has 5 heteroatoms. The highest BCUT2D eigenvalue weighted by Gasteiger charge is 2.20. The van der Waals surface area contributed by atoms with E-state index in [2.05, 4.69) is 156 Å². The molecule has 0 spiro atoms. The summed E-state index contributed by atoms with van der Waals surface area (Å²) in [6, 6.07) is 54.6. The van der Waals surface area contributed by atoms with Gasteiger partial charge in [0.05, 0.1) is 26.9 Å². The fourth-order valence-electron chi connectivity index (χ4n) is 7.60. The second kappa shape index (κ2) is 10.3. The third-order valence-corrected chi connectivity index (χ3v) is 12.2. The molecule has 49 heavy (non-hydrogen) atoms. The highest BCUT2D eigenvalue weighted by molar-refractivity contribution is 7.26. The summed E-state index contributed by atoms with van der Waals surface area (Å²) in [5.41, 5.74) is 7.81. The molecule has 0 N–H and O–H groups in total. The van der Waals surface area contributed by atoms with Crippen molar-refractivity contribution in [1.29, 1.82) is 0 Å². The molecule has 0 aliphatic carbocycles. The lowest BCUT2D eigenvalue weighted by Gasteiger charge is -2.10. The first-order chi connectivity index (χ1) is 24.3. The molecule has 0 amide bonds. The Balaban J connectivity index is 1.16. The number of benzene rings is 7. The van der Waals surface area contributed by atoms with E-state index in [-0.39, 0.29) is 0 Å². The van der Waals surface area contributed by atoms with E-state index in [0.717, 1.165) is 38.5 Å². The van der Waals surface area contributed by atoms with Crippen LogP contribution in [0.3, 0.4) is 0 Å². The minimum atomic E-state index is 0.765. The second-order valence-electron chi connectivity index (χ2n) is 12.5. The molecular weight excluding hydrogens is 635 g/mol. The van der Waals surface area contributed by atoms with Crippen molar-refractivity contribution < 1.29 is 0 Å². The zero-order chi connectivity index (χ0) is 32.1. The van der Waals surface area contributed by atoms with E-state index in [9.17, 15) is 0 Å². The fraction of sp³-hybridized carbons (Fsp3) is 0. The van der Waals surface area contributed by atoms with E-state index in [1.807, 2.05) is 11.3 Å². The van der Waals surface area contributed by atoms with Crippen LogP contribution in [-0.2, 0) is 0 Å². The molecule has 0 aliphatic rings. The first-order valence-electron chi connectivity index (χ1n) is 16.4. The van der Waals surface area contributed by atoms with E-state index in [1.54, 1.807) is 11.3 Å². The molecule has 4 aromatic heterocycles. The molecule has 3 nitrogen and oxygen atoms in total. The number of para-hydroxylation sites is 1. The van der Waals surface area contributed by atoms with Crippen LogP contribution in [0.15, 0.2) is 152 Å². The Hall–Kier alpha value is -5.88. The summed E-state index contributed by atoms with van der Waals surface area (Å²) in [5, 5.41) is 8.71. The smallest absolute Gasteiger partial charge is 0.161 e. The topological polar surface area (TPSA) is 30.7 Å². The molecule has 228 valence electrons. The Morgan fingerprint density at radius 1 is 0.469 bits per heavy atom. The molecule has 0 aliphatic heterocycles. The largest absolute Gasteiger partial charge is 0.309 e. The molecule has 0 atom stereocenters. The summed E-state index contributed by atoms with van der Waals surface area (Å²) < 4.78 is 7.26. The maximum absolute atomic E-state index is 5.31. The van der Waals surface area contributed by atoms with Crippen molar-refractivity contribution >= 4 is 95.7 Å². The standard InChI is InChI=1S/C44H25N3S2/c1-2-12-27(13-3-1)39-43-40(34-16-7-9-20-37(34)48-43)46-44(45-39)35-18-10-17-33-31-24-22-28(25-38(31)49-42(33)35)47-36-19-8-6-15-30(36)32-23-21-26-11-4-5-14-29(26)41(32)47/h1-25H. The minimum absolute atomic E-state index is 0.765. The zero-order valence-corrected chi connectivity index (χ0v) is 27.7. The van der Waals surface area contributed by atoms with E-state index in [1.165, 1.54) is 62.8 Å². The third-order valence-electron chi connectivity index (χ3n) is 9.81. The van der Waals surface area contributed by atoms with Gasteiger partial charge in [-0.15, -0.1) is 22.7 Å². The predicted molar refractivity (Wildman–Crippen MR) is 211 cm³/mol. The maximum atomic E-state index is 5.31. The van der Waals surface area contributed by atoms with Crippen molar-refractivity contribution in [3.05, 3.63) is 152 Å². The summed E-state index contributed by atoms with van der Waals surface area (Å²) in [7, 11) is 0. The zero-order valence-electron chi connectivity index (χ0n) is 26.1. The van der Waals surface area contributed by atoms with Crippen LogP contribution < -0.4 is 0 Å². The predicted octanol–water partition coefficient (Wildman–Crippen LogP) is 12.8. The van der Waals surface area contributed by atoms with Crippen LogP contribution in [-0.4, -0.2) is 14.5 Å². The van der Waals surface area contributed by atoms with Gasteiger partial charge in [0.2, 0.25) is 0 Å². The SMILES string of the molecule is c1ccc(-c2nc(-c3cccc4c3sc3cc(-n5c6ccccc6c6ccc7ccccc7c65)ccc34)nc3c2sc2ccccc23)cc1. The van der Waals surface area contributed by atoms with Crippen LogP contribution in [0.2, 0.25) is 0 Å². The van der Waals surface area contributed by atoms with Crippen molar-refractivity contribution in [2.24, 2.45) is 0 Å². The van der Waals surface area contributed by atoms with Crippen molar-refractivity contribution in [1.82, 2.24) is 14.5 Å². The van der Waals surface area contributed by atoms with Gasteiger partial charge in [-0.1, -0.05) is 121 Å². The summed E-state index contributed by atoms with van der Waals surface area (Å²) in [6.45, 7) is 0. The molecular formula is C44H25N3S2. The summed E-state index contributed by atoms with van der Waals surface area (Å²) in [6.07, 6.45) is 0. The third kappa shape index (κ3) is 3.94. The van der Waals surface area contributed by atoms with Gasteiger partial charge in [-0.3, -0.25) is 0 Å². The lowest BCUT2D eigenvalue weighted by molar-refractivity contribution is 1.19. The lowest BCUT2D eigenvalue weighted by atomic mass is 10.1. The van der Waals surface area contributed by atoms with Gasteiger partial charge in [-0.05, 0) is 35.7 Å². The molecule has 11 aromatic rings. The average molecular weight is 660 g/mol. The Morgan fingerprint density at radius 3 is 2.12 bits per heavy atom. The Bertz CT molecular complexity index is 3110. The molecule has 7 aromatic carbocycles. The molecule has 0 radical (unpaired) electrons. The summed E-state index contributed by atoms with van der Waals surface area (Å²) >= 11 is 3.60. The number of thiophene rings is 2. The fourth-order valence-corrected chi connectivity index (χ4v) is 10.0. The molecule has 0 saturated carbocycles. The van der Waals surface area contributed by atoms with Gasteiger partial charge < -0.3 is 4.57 Å². The number of nitrogens with zero attached hydrogens (tertiary/aromatic N) is 3. The minimum Gasteiger partial charge on any atom is -0.309 e. The van der Waals surface area contributed by atoms with E-state index in [0.29, 0.717) is 0 Å². The van der Waals surface area contributed by atoms with Gasteiger partial charge in [-0.2, -0.15) is 0 Å². The van der Waals surface area contributed by atoms with Crippen molar-refractivity contribution in [3.63, 3.8) is 0 Å². The highest BCUT2D eigenvalue weighted by atomic mass is 32.1. The van der Waals surface area contributed by atoms with Gasteiger partial charge in [0, 0.05) is 63.2 Å². The van der Waals surface area contributed by atoms with Crippen LogP contribution in [0.5, 0.6) is 0 Å². The molecule has 0 fully saturated rings. The van der Waals surface area contributed by atoms with Crippen molar-refractivity contribution in [2.45, 2.75) is 0 Å². The lowest BCUT2D eigenvalue weighted by Crippen LogP contribution is -1.94. The number of hydrogen-bond donors (Lipinski definition) is 0. The first-order valence-corrected chi connectivity index (χ1v) is 18.1. The Kier molecular flexibility index (Phi) is 5.70. The van der Waals surface area contributed by atoms with Gasteiger partial charge in [0.25, 0.3) is 0 Å². The molecule has 0 saturated heterocycles. The van der Waals surface area contributed by atoms with Crippen molar-refractivity contribution in [3.8, 4) is 28.3 Å². The van der Waals surface area contributed by atoms with Gasteiger partial charge in [0.1, 0.15) is 0 Å².